The molecule has 0 bridgehead atoms. The van der Waals surface area contributed by atoms with Crippen molar-refractivity contribution in [2.24, 2.45) is 0 Å². The molecule has 82 valence electrons. The molecule has 0 saturated carbocycles. The van der Waals surface area contributed by atoms with Crippen LogP contribution in [0.4, 0.5) is 0 Å². The van der Waals surface area contributed by atoms with Gasteiger partial charge in [0.2, 0.25) is 11.1 Å². The quantitative estimate of drug-likeness (QED) is 0.837. The summed E-state index contributed by atoms with van der Waals surface area (Å²) >= 11 is 4.33. The van der Waals surface area contributed by atoms with Crippen molar-refractivity contribution >= 4 is 22.7 Å². The predicted octanol–water partition coefficient (Wildman–Crippen LogP) is 3.44. The van der Waals surface area contributed by atoms with Gasteiger partial charge in [0, 0.05) is 0 Å². The van der Waals surface area contributed by atoms with Crippen molar-refractivity contribution in [2.75, 3.05) is 0 Å². The van der Waals surface area contributed by atoms with Crippen molar-refractivity contribution in [1.82, 2.24) is 0 Å². The van der Waals surface area contributed by atoms with Crippen molar-refractivity contribution < 1.29 is 8.39 Å². The van der Waals surface area contributed by atoms with E-state index in [0.29, 0.717) is 15.7 Å². The molecule has 0 N–H and O–H groups in total. The molecular weight excluding hydrogens is 244 g/mol. The summed E-state index contributed by atoms with van der Waals surface area (Å²) in [6, 6.07) is 15.9. The Balaban J connectivity index is 2.19. The maximum Gasteiger partial charge on any atom is 0.242 e. The zero-order chi connectivity index (χ0) is 11.4. The van der Waals surface area contributed by atoms with E-state index in [-0.39, 0.29) is 0 Å². The molecule has 16 heavy (non-hydrogen) atoms. The van der Waals surface area contributed by atoms with Gasteiger partial charge in [0.15, 0.2) is 0 Å². The van der Waals surface area contributed by atoms with Crippen LogP contribution in [-0.2, 0) is 11.1 Å². The van der Waals surface area contributed by atoms with Gasteiger partial charge < -0.3 is 4.18 Å². The summed E-state index contributed by atoms with van der Waals surface area (Å²) in [5, 5.41) is 0.441. The maximum atomic E-state index is 11.8. The monoisotopic (exact) mass is 252 g/mol. The van der Waals surface area contributed by atoms with E-state index in [1.807, 2.05) is 18.2 Å². The highest BCUT2D eigenvalue weighted by atomic mass is 35.5. The fraction of sp³-hybridized carbons (Fsp3) is 0. The summed E-state index contributed by atoms with van der Waals surface area (Å²) in [5.41, 5.74) is 0. The second-order valence-electron chi connectivity index (χ2n) is 3.06. The summed E-state index contributed by atoms with van der Waals surface area (Å²) < 4.78 is 17.1. The highest BCUT2D eigenvalue weighted by Crippen LogP contribution is 2.21. The van der Waals surface area contributed by atoms with E-state index < -0.39 is 11.1 Å². The SMILES string of the molecule is O=S(Oc1ccccc1)c1ccccc1Cl. The Morgan fingerprint density at radius 3 is 2.25 bits per heavy atom. The van der Waals surface area contributed by atoms with Crippen molar-refractivity contribution in [2.45, 2.75) is 4.90 Å². The second-order valence-corrected chi connectivity index (χ2v) is 4.54. The van der Waals surface area contributed by atoms with E-state index in [9.17, 15) is 4.21 Å². The van der Waals surface area contributed by atoms with Crippen LogP contribution in [0.15, 0.2) is 59.5 Å². The lowest BCUT2D eigenvalue weighted by atomic mass is 10.3. The number of halogens is 1. The van der Waals surface area contributed by atoms with E-state index in [1.54, 1.807) is 36.4 Å². The topological polar surface area (TPSA) is 26.3 Å². The maximum absolute atomic E-state index is 11.8. The molecule has 0 radical (unpaired) electrons. The van der Waals surface area contributed by atoms with Crippen LogP contribution in [0.5, 0.6) is 5.75 Å². The van der Waals surface area contributed by atoms with Crippen molar-refractivity contribution in [3.63, 3.8) is 0 Å². The van der Waals surface area contributed by atoms with E-state index in [1.165, 1.54) is 0 Å². The lowest BCUT2D eigenvalue weighted by Gasteiger charge is -2.05. The molecule has 0 amide bonds. The third-order valence-corrected chi connectivity index (χ3v) is 3.43. The first-order chi connectivity index (χ1) is 7.77. The average molecular weight is 253 g/mol. The van der Waals surface area contributed by atoms with Crippen molar-refractivity contribution in [3.8, 4) is 5.75 Å². The number of hydrogen-bond donors (Lipinski definition) is 0. The smallest absolute Gasteiger partial charge is 0.242 e. The van der Waals surface area contributed by atoms with E-state index >= 15 is 0 Å². The number of hydrogen-bond acceptors (Lipinski definition) is 2. The molecule has 1 atom stereocenters. The zero-order valence-electron chi connectivity index (χ0n) is 8.30. The molecule has 2 aromatic rings. The third kappa shape index (κ3) is 2.62. The highest BCUT2D eigenvalue weighted by Gasteiger charge is 2.09. The Morgan fingerprint density at radius 1 is 0.938 bits per heavy atom. The Kier molecular flexibility index (Phi) is 3.59. The van der Waals surface area contributed by atoms with E-state index in [2.05, 4.69) is 0 Å². The number of benzene rings is 2. The minimum Gasteiger partial charge on any atom is -0.397 e. The Hall–Kier alpha value is -1.32. The van der Waals surface area contributed by atoms with E-state index in [0.717, 1.165) is 0 Å². The van der Waals surface area contributed by atoms with Gasteiger partial charge in [-0.1, -0.05) is 41.9 Å². The summed E-state index contributed by atoms with van der Waals surface area (Å²) in [5.74, 6) is 0.556. The minimum absolute atomic E-state index is 0.441. The summed E-state index contributed by atoms with van der Waals surface area (Å²) in [4.78, 5) is 0.480. The summed E-state index contributed by atoms with van der Waals surface area (Å²) in [6.45, 7) is 0. The fourth-order valence-corrected chi connectivity index (χ4v) is 2.31. The minimum atomic E-state index is -1.58. The molecule has 4 heteroatoms. The molecule has 0 aliphatic rings. The predicted molar refractivity (Wildman–Crippen MR) is 64.9 cm³/mol. The Bertz CT molecular complexity index is 499. The Labute approximate surface area is 101 Å². The normalized spacial score (nSPS) is 12.1. The van der Waals surface area contributed by atoms with Crippen LogP contribution in [0.1, 0.15) is 0 Å². The lowest BCUT2D eigenvalue weighted by Crippen LogP contribution is -2.01. The first-order valence-electron chi connectivity index (χ1n) is 4.67. The molecule has 2 aromatic carbocycles. The van der Waals surface area contributed by atoms with Gasteiger partial charge in [-0.3, -0.25) is 0 Å². The molecule has 1 unspecified atom stereocenters. The molecule has 0 aromatic heterocycles. The molecular formula is C12H9ClO2S. The standard InChI is InChI=1S/C12H9ClO2S/c13-11-8-4-5-9-12(11)16(14)15-10-6-2-1-3-7-10/h1-9H. The first kappa shape index (κ1) is 11.2. The molecule has 0 spiro atoms. The van der Waals surface area contributed by atoms with Gasteiger partial charge in [-0.05, 0) is 24.3 Å². The molecule has 0 aliphatic heterocycles. The second kappa shape index (κ2) is 5.14. The lowest BCUT2D eigenvalue weighted by molar-refractivity contribution is 0.562. The summed E-state index contributed by atoms with van der Waals surface area (Å²) in [6.07, 6.45) is 0. The van der Waals surface area contributed by atoms with Crippen molar-refractivity contribution in [1.29, 1.82) is 0 Å². The number of para-hydroxylation sites is 1. The molecule has 0 saturated heterocycles. The fourth-order valence-electron chi connectivity index (χ4n) is 1.19. The van der Waals surface area contributed by atoms with Crippen LogP contribution in [0.25, 0.3) is 0 Å². The van der Waals surface area contributed by atoms with Crippen molar-refractivity contribution in [3.05, 3.63) is 59.6 Å². The van der Waals surface area contributed by atoms with Crippen LogP contribution in [-0.4, -0.2) is 4.21 Å². The molecule has 2 rings (SSSR count). The van der Waals surface area contributed by atoms with E-state index in [4.69, 9.17) is 15.8 Å². The van der Waals surface area contributed by atoms with Gasteiger partial charge in [-0.2, -0.15) is 0 Å². The van der Waals surface area contributed by atoms with Gasteiger partial charge in [0.05, 0.1) is 9.92 Å². The molecule has 0 aliphatic carbocycles. The van der Waals surface area contributed by atoms with Gasteiger partial charge in [-0.15, -0.1) is 0 Å². The zero-order valence-corrected chi connectivity index (χ0v) is 9.87. The molecule has 0 fully saturated rings. The van der Waals surface area contributed by atoms with Gasteiger partial charge in [0.25, 0.3) is 0 Å². The van der Waals surface area contributed by atoms with Crippen LogP contribution in [0, 0.1) is 0 Å². The van der Waals surface area contributed by atoms with Crippen LogP contribution in [0.2, 0.25) is 5.02 Å². The Morgan fingerprint density at radius 2 is 1.56 bits per heavy atom. The number of rotatable bonds is 3. The van der Waals surface area contributed by atoms with Gasteiger partial charge in [-0.25, -0.2) is 4.21 Å². The van der Waals surface area contributed by atoms with Gasteiger partial charge in [0.1, 0.15) is 5.75 Å². The molecule has 0 heterocycles. The highest BCUT2D eigenvalue weighted by molar-refractivity contribution is 7.80. The third-order valence-electron chi connectivity index (χ3n) is 1.93. The van der Waals surface area contributed by atoms with Crippen LogP contribution < -0.4 is 4.18 Å². The van der Waals surface area contributed by atoms with Gasteiger partial charge >= 0.3 is 0 Å². The average Bonchev–Trinajstić information content (AvgIpc) is 2.31. The van der Waals surface area contributed by atoms with Crippen LogP contribution >= 0.6 is 11.6 Å². The largest absolute Gasteiger partial charge is 0.397 e. The van der Waals surface area contributed by atoms with Crippen LogP contribution in [0.3, 0.4) is 0 Å². The first-order valence-corrected chi connectivity index (χ1v) is 6.12. The summed E-state index contributed by atoms with van der Waals surface area (Å²) in [7, 11) is 0. The molecule has 2 nitrogen and oxygen atoms in total.